The van der Waals surface area contributed by atoms with Crippen LogP contribution >= 0.6 is 39.2 Å². The van der Waals surface area contributed by atoms with Crippen molar-refractivity contribution < 1.29 is 34.0 Å². The number of likely N-dealkylation sites (tertiary alicyclic amines) is 1. The molecule has 0 bridgehead atoms. The molecule has 1 fully saturated rings. The van der Waals surface area contributed by atoms with E-state index >= 15 is 0 Å². The molecule has 172 valence electrons. The number of halogens is 2. The molecule has 3 rings (SSSR count). The number of carboxylic acids is 1. The number of aromatic hydroxyl groups is 1. The molecular weight excluding hydrogens is 569 g/mol. The third kappa shape index (κ3) is 6.13. The summed E-state index contributed by atoms with van der Waals surface area (Å²) >= 11 is 6.81. The van der Waals surface area contributed by atoms with E-state index in [4.69, 9.17) is 9.84 Å². The van der Waals surface area contributed by atoms with Crippen LogP contribution in [0, 0.1) is 5.92 Å². The molecule has 1 atom stereocenters. The van der Waals surface area contributed by atoms with E-state index in [1.54, 1.807) is 12.1 Å². The lowest BCUT2D eigenvalue weighted by atomic mass is 9.96. The van der Waals surface area contributed by atoms with Crippen LogP contribution in [0.4, 0.5) is 0 Å². The Kier molecular flexibility index (Phi) is 7.70. The maximum atomic E-state index is 12.9. The molecule has 0 radical (unpaired) electrons. The molecule has 0 aromatic heterocycles. The topological polar surface area (TPSA) is 124 Å². The first-order valence-corrected chi connectivity index (χ1v) is 13.6. The summed E-state index contributed by atoms with van der Waals surface area (Å²) in [5.74, 6) is -1.21. The van der Waals surface area contributed by atoms with E-state index in [9.17, 15) is 24.2 Å². The Hall–Kier alpha value is -1.87. The zero-order chi connectivity index (χ0) is 23.6. The summed E-state index contributed by atoms with van der Waals surface area (Å²) in [7, 11) is -3.24. The lowest BCUT2D eigenvalue weighted by molar-refractivity contribution is -0.143. The summed E-state index contributed by atoms with van der Waals surface area (Å²) in [6, 6.07) is 7.68. The van der Waals surface area contributed by atoms with Crippen molar-refractivity contribution in [2.75, 3.05) is 19.8 Å². The van der Waals surface area contributed by atoms with Crippen LogP contribution in [0.1, 0.15) is 28.8 Å². The van der Waals surface area contributed by atoms with Crippen molar-refractivity contribution in [3.05, 3.63) is 50.4 Å². The number of nitrogens with zero attached hydrogens (tertiary/aromatic N) is 1. The quantitative estimate of drug-likeness (QED) is 0.402. The maximum absolute atomic E-state index is 12.9. The lowest BCUT2D eigenvalue weighted by Gasteiger charge is -2.30. The van der Waals surface area contributed by atoms with Gasteiger partial charge in [-0.15, -0.1) is 0 Å². The van der Waals surface area contributed by atoms with E-state index in [1.807, 2.05) is 0 Å². The van der Waals surface area contributed by atoms with Crippen molar-refractivity contribution in [3.63, 3.8) is 0 Å². The Morgan fingerprint density at radius 2 is 1.75 bits per heavy atom. The average molecular weight is 591 g/mol. The monoisotopic (exact) mass is 589 g/mol. The van der Waals surface area contributed by atoms with Crippen molar-refractivity contribution >= 4 is 51.1 Å². The minimum atomic E-state index is -3.24. The molecule has 3 N–H and O–H groups in total. The number of rotatable bonds is 6. The average Bonchev–Trinajstić information content (AvgIpc) is 2.70. The predicted molar refractivity (Wildman–Crippen MR) is 126 cm³/mol. The number of aliphatic carboxylic acids is 1. The largest absolute Gasteiger partial charge is 0.507 e. The zero-order valence-electron chi connectivity index (χ0n) is 17.1. The molecule has 2 aromatic carbocycles. The van der Waals surface area contributed by atoms with Crippen molar-refractivity contribution in [1.82, 2.24) is 4.90 Å². The van der Waals surface area contributed by atoms with E-state index in [0.717, 1.165) is 0 Å². The van der Waals surface area contributed by atoms with Gasteiger partial charge < -0.3 is 24.7 Å². The minimum Gasteiger partial charge on any atom is -0.507 e. The Balaban J connectivity index is 1.80. The van der Waals surface area contributed by atoms with E-state index in [0.29, 0.717) is 51.9 Å². The molecule has 32 heavy (non-hydrogen) atoms. The second-order valence-electron chi connectivity index (χ2n) is 7.78. The molecule has 1 heterocycles. The second-order valence-corrected chi connectivity index (χ2v) is 11.9. The number of ether oxygens (including phenoxy) is 1. The summed E-state index contributed by atoms with van der Waals surface area (Å²) in [6.45, 7) is 1.88. The fraction of sp³-hybridized carbons (Fsp3) is 0.333. The number of phenolic OH excluding ortho intramolecular Hbond substituents is 1. The predicted octanol–water partition coefficient (Wildman–Crippen LogP) is 5.05. The van der Waals surface area contributed by atoms with Gasteiger partial charge >= 0.3 is 5.97 Å². The Bertz CT molecular complexity index is 1070. The van der Waals surface area contributed by atoms with Crippen molar-refractivity contribution in [3.8, 4) is 17.2 Å². The first-order valence-electron chi connectivity index (χ1n) is 9.75. The molecule has 8 nitrogen and oxygen atoms in total. The van der Waals surface area contributed by atoms with E-state index in [1.165, 1.54) is 29.8 Å². The van der Waals surface area contributed by atoms with Gasteiger partial charge in [0.05, 0.1) is 20.4 Å². The van der Waals surface area contributed by atoms with Gasteiger partial charge in [-0.25, -0.2) is 0 Å². The highest BCUT2D eigenvalue weighted by molar-refractivity contribution is 9.11. The Morgan fingerprint density at radius 3 is 2.28 bits per heavy atom. The SMILES string of the molecule is CP(=O)(O)Cc1cc(Br)c(Oc2ccc(O)c(C(=O)N3CCC(C(=O)O)CC3)c2)c(Br)c1. The number of amides is 1. The van der Waals surface area contributed by atoms with Gasteiger partial charge in [-0.1, -0.05) is 0 Å². The highest BCUT2D eigenvalue weighted by atomic mass is 79.9. The fourth-order valence-electron chi connectivity index (χ4n) is 3.51. The number of hydrogen-bond acceptors (Lipinski definition) is 5. The van der Waals surface area contributed by atoms with Gasteiger partial charge in [0.15, 0.2) is 5.75 Å². The van der Waals surface area contributed by atoms with Crippen LogP contribution in [0.5, 0.6) is 17.2 Å². The van der Waals surface area contributed by atoms with Crippen LogP contribution in [-0.2, 0) is 15.5 Å². The van der Waals surface area contributed by atoms with Crippen LogP contribution in [0.15, 0.2) is 39.3 Å². The van der Waals surface area contributed by atoms with Gasteiger partial charge in [0.25, 0.3) is 5.91 Å². The molecule has 1 aliphatic rings. The lowest BCUT2D eigenvalue weighted by Crippen LogP contribution is -2.40. The highest BCUT2D eigenvalue weighted by Gasteiger charge is 2.29. The summed E-state index contributed by atoms with van der Waals surface area (Å²) < 4.78 is 18.7. The first-order chi connectivity index (χ1) is 14.9. The summed E-state index contributed by atoms with van der Waals surface area (Å²) in [6.07, 6.45) is 0.743. The van der Waals surface area contributed by atoms with Gasteiger partial charge in [0, 0.05) is 25.9 Å². The minimum absolute atomic E-state index is 0.0148. The third-order valence-electron chi connectivity index (χ3n) is 5.08. The number of phenols is 1. The van der Waals surface area contributed by atoms with Crippen LogP contribution < -0.4 is 4.74 Å². The van der Waals surface area contributed by atoms with Gasteiger partial charge in [-0.05, 0) is 80.6 Å². The molecule has 1 amide bonds. The van der Waals surface area contributed by atoms with Gasteiger partial charge in [0.1, 0.15) is 11.5 Å². The molecule has 1 unspecified atom stereocenters. The number of carbonyl (C=O) groups is 2. The number of hydrogen-bond donors (Lipinski definition) is 3. The van der Waals surface area contributed by atoms with Gasteiger partial charge in [-0.2, -0.15) is 0 Å². The van der Waals surface area contributed by atoms with Gasteiger partial charge in [0.2, 0.25) is 7.37 Å². The van der Waals surface area contributed by atoms with Crippen molar-refractivity contribution in [2.45, 2.75) is 19.0 Å². The normalized spacial score (nSPS) is 16.4. The van der Waals surface area contributed by atoms with Gasteiger partial charge in [-0.3, -0.25) is 14.2 Å². The zero-order valence-corrected chi connectivity index (χ0v) is 21.2. The second kappa shape index (κ2) is 9.95. The number of piperidine rings is 1. The summed E-state index contributed by atoms with van der Waals surface area (Å²) in [5.41, 5.74) is 0.711. The number of carbonyl (C=O) groups excluding carboxylic acids is 1. The van der Waals surface area contributed by atoms with Crippen LogP contribution in [0.25, 0.3) is 0 Å². The van der Waals surface area contributed by atoms with Crippen molar-refractivity contribution in [2.24, 2.45) is 5.92 Å². The van der Waals surface area contributed by atoms with Crippen LogP contribution in [0.2, 0.25) is 0 Å². The van der Waals surface area contributed by atoms with Crippen molar-refractivity contribution in [1.29, 1.82) is 0 Å². The highest BCUT2D eigenvalue weighted by Crippen LogP contribution is 2.44. The number of benzene rings is 2. The van der Waals surface area contributed by atoms with E-state index in [2.05, 4.69) is 31.9 Å². The molecule has 0 saturated carbocycles. The molecule has 11 heteroatoms. The Labute approximate surface area is 201 Å². The van der Waals surface area contributed by atoms with E-state index in [-0.39, 0.29) is 17.5 Å². The fourth-order valence-corrected chi connectivity index (χ4v) is 5.81. The molecule has 1 saturated heterocycles. The molecule has 2 aromatic rings. The Morgan fingerprint density at radius 1 is 1.16 bits per heavy atom. The smallest absolute Gasteiger partial charge is 0.306 e. The first kappa shape index (κ1) is 24.8. The molecular formula is C21H22Br2NO7P. The number of carboxylic acid groups (broad SMARTS) is 1. The van der Waals surface area contributed by atoms with Crippen LogP contribution in [0.3, 0.4) is 0 Å². The third-order valence-corrected chi connectivity index (χ3v) is 7.21. The van der Waals surface area contributed by atoms with Crippen LogP contribution in [-0.4, -0.2) is 51.6 Å². The standard InChI is InChI=1S/C21H22Br2NO7P/c1-32(29,30)11-12-8-16(22)19(17(23)9-12)31-14-2-3-18(25)15(10-14)20(26)24-6-4-13(5-7-24)21(27)28/h2-3,8-10,13,25H,4-7,11H2,1H3,(H,27,28)(H,29,30). The summed E-state index contributed by atoms with van der Waals surface area (Å²) in [4.78, 5) is 35.2. The summed E-state index contributed by atoms with van der Waals surface area (Å²) in [5, 5.41) is 19.4. The maximum Gasteiger partial charge on any atom is 0.306 e. The molecule has 1 aliphatic heterocycles. The molecule has 0 aliphatic carbocycles. The van der Waals surface area contributed by atoms with E-state index < -0.39 is 25.2 Å². The molecule has 0 spiro atoms.